The number of halogens is 1. The van der Waals surface area contributed by atoms with Gasteiger partial charge in [0, 0.05) is 19.6 Å². The van der Waals surface area contributed by atoms with E-state index in [1.807, 2.05) is 11.4 Å². The van der Waals surface area contributed by atoms with Crippen molar-refractivity contribution in [3.8, 4) is 0 Å². The molecule has 1 aliphatic carbocycles. The highest BCUT2D eigenvalue weighted by Gasteiger charge is 2.18. The van der Waals surface area contributed by atoms with E-state index in [-0.39, 0.29) is 5.91 Å². The molecule has 2 aromatic rings. The van der Waals surface area contributed by atoms with Gasteiger partial charge in [-0.25, -0.2) is 0 Å². The molecule has 0 aliphatic heterocycles. The van der Waals surface area contributed by atoms with E-state index in [1.54, 1.807) is 22.7 Å². The molecule has 18 heavy (non-hydrogen) atoms. The van der Waals surface area contributed by atoms with Crippen molar-refractivity contribution in [1.82, 2.24) is 5.32 Å². The molecule has 0 saturated heterocycles. The van der Waals surface area contributed by atoms with Crippen LogP contribution in [0.25, 0.3) is 0 Å². The molecule has 3 rings (SSSR count). The predicted octanol–water partition coefficient (Wildman–Crippen LogP) is 3.99. The number of aryl methyl sites for hydroxylation is 2. The highest BCUT2D eigenvalue weighted by Crippen LogP contribution is 2.30. The van der Waals surface area contributed by atoms with E-state index in [9.17, 15) is 4.79 Å². The molecule has 2 heterocycles. The maximum Gasteiger partial charge on any atom is 0.261 e. The fraction of sp³-hybridized carbons (Fsp3) is 0.308. The maximum atomic E-state index is 12.0. The summed E-state index contributed by atoms with van der Waals surface area (Å²) in [6.45, 7) is 0.609. The van der Waals surface area contributed by atoms with Crippen LogP contribution in [-0.2, 0) is 19.4 Å². The average molecular weight is 342 g/mol. The van der Waals surface area contributed by atoms with Gasteiger partial charge in [-0.2, -0.15) is 0 Å². The molecule has 1 amide bonds. The summed E-state index contributed by atoms with van der Waals surface area (Å²) in [5, 5.41) is 5.01. The van der Waals surface area contributed by atoms with E-state index in [4.69, 9.17) is 0 Å². The molecule has 0 spiro atoms. The molecule has 1 N–H and O–H groups in total. The molecule has 0 unspecified atom stereocenters. The molecule has 94 valence electrons. The van der Waals surface area contributed by atoms with E-state index in [2.05, 4.69) is 27.3 Å². The Balaban J connectivity index is 1.64. The van der Waals surface area contributed by atoms with E-state index >= 15 is 0 Å². The standard InChI is InChI=1S/C13H12BrNOS2/c14-9-5-10(17-7-9)6-15-13(16)12-4-8-2-1-3-11(8)18-12/h4-5,7H,1-3,6H2,(H,15,16). The Labute approximate surface area is 122 Å². The lowest BCUT2D eigenvalue weighted by Gasteiger charge is -2.01. The van der Waals surface area contributed by atoms with Gasteiger partial charge < -0.3 is 5.32 Å². The molecule has 0 aromatic carbocycles. The smallest absolute Gasteiger partial charge is 0.261 e. The van der Waals surface area contributed by atoms with Crippen molar-refractivity contribution in [2.24, 2.45) is 0 Å². The van der Waals surface area contributed by atoms with Crippen LogP contribution in [0.4, 0.5) is 0 Å². The van der Waals surface area contributed by atoms with E-state index in [0.29, 0.717) is 6.54 Å². The van der Waals surface area contributed by atoms with Crippen molar-refractivity contribution in [1.29, 1.82) is 0 Å². The minimum absolute atomic E-state index is 0.0546. The summed E-state index contributed by atoms with van der Waals surface area (Å²) in [5.41, 5.74) is 1.38. The summed E-state index contributed by atoms with van der Waals surface area (Å²) in [6.07, 6.45) is 3.52. The first kappa shape index (κ1) is 12.4. The Morgan fingerprint density at radius 1 is 1.39 bits per heavy atom. The van der Waals surface area contributed by atoms with Gasteiger partial charge in [-0.3, -0.25) is 4.79 Å². The van der Waals surface area contributed by atoms with E-state index < -0.39 is 0 Å². The van der Waals surface area contributed by atoms with Gasteiger partial charge in [0.05, 0.1) is 11.4 Å². The summed E-state index contributed by atoms with van der Waals surface area (Å²) < 4.78 is 1.08. The lowest BCUT2D eigenvalue weighted by Crippen LogP contribution is -2.21. The number of hydrogen-bond acceptors (Lipinski definition) is 3. The summed E-state index contributed by atoms with van der Waals surface area (Å²) in [6, 6.07) is 4.10. The minimum atomic E-state index is 0.0546. The van der Waals surface area contributed by atoms with Crippen LogP contribution in [0.3, 0.4) is 0 Å². The summed E-state index contributed by atoms with van der Waals surface area (Å²) in [4.78, 5) is 15.4. The molecular formula is C13H12BrNOS2. The van der Waals surface area contributed by atoms with Gasteiger partial charge in [-0.1, -0.05) is 0 Å². The topological polar surface area (TPSA) is 29.1 Å². The lowest BCUT2D eigenvalue weighted by atomic mass is 10.2. The third kappa shape index (κ3) is 2.53. The van der Waals surface area contributed by atoms with Crippen molar-refractivity contribution in [3.05, 3.63) is 42.2 Å². The molecule has 0 atom stereocenters. The fourth-order valence-electron chi connectivity index (χ4n) is 2.14. The van der Waals surface area contributed by atoms with Crippen molar-refractivity contribution in [3.63, 3.8) is 0 Å². The predicted molar refractivity (Wildman–Crippen MR) is 79.5 cm³/mol. The molecule has 0 fully saturated rings. The number of fused-ring (bicyclic) bond motifs is 1. The lowest BCUT2D eigenvalue weighted by molar-refractivity contribution is 0.0955. The van der Waals surface area contributed by atoms with Crippen LogP contribution in [0, 0.1) is 0 Å². The van der Waals surface area contributed by atoms with E-state index in [0.717, 1.165) is 22.2 Å². The highest BCUT2D eigenvalue weighted by molar-refractivity contribution is 9.10. The molecule has 0 radical (unpaired) electrons. The number of carbonyl (C=O) groups excluding carboxylic acids is 1. The van der Waals surface area contributed by atoms with Gasteiger partial charge in [0.25, 0.3) is 5.91 Å². The fourth-order valence-corrected chi connectivity index (χ4v) is 4.70. The first-order chi connectivity index (χ1) is 8.72. The van der Waals surface area contributed by atoms with Gasteiger partial charge in [0.15, 0.2) is 0 Å². The van der Waals surface area contributed by atoms with Gasteiger partial charge in [0.2, 0.25) is 0 Å². The Hall–Kier alpha value is -0.650. The van der Waals surface area contributed by atoms with Crippen molar-refractivity contribution >= 4 is 44.5 Å². The van der Waals surface area contributed by atoms with Crippen molar-refractivity contribution in [2.75, 3.05) is 0 Å². The summed E-state index contributed by atoms with van der Waals surface area (Å²) >= 11 is 6.72. The highest BCUT2D eigenvalue weighted by atomic mass is 79.9. The molecule has 2 aromatic heterocycles. The maximum absolute atomic E-state index is 12.0. The first-order valence-corrected chi connectivity index (χ1v) is 8.34. The zero-order valence-electron chi connectivity index (χ0n) is 9.66. The SMILES string of the molecule is O=C(NCc1cc(Br)cs1)c1cc2c(s1)CCC2. The minimum Gasteiger partial charge on any atom is -0.346 e. The van der Waals surface area contributed by atoms with Crippen molar-refractivity contribution in [2.45, 2.75) is 25.8 Å². The van der Waals surface area contributed by atoms with Crippen LogP contribution in [0.1, 0.15) is 31.4 Å². The normalized spacial score (nSPS) is 13.6. The third-order valence-corrected chi connectivity index (χ3v) is 5.95. The summed E-state index contributed by atoms with van der Waals surface area (Å²) in [7, 11) is 0. The molecule has 5 heteroatoms. The second-order valence-electron chi connectivity index (χ2n) is 4.33. The molecule has 2 nitrogen and oxygen atoms in total. The molecule has 0 saturated carbocycles. The third-order valence-electron chi connectivity index (χ3n) is 3.02. The van der Waals surface area contributed by atoms with Gasteiger partial charge in [0.1, 0.15) is 0 Å². The van der Waals surface area contributed by atoms with Gasteiger partial charge >= 0.3 is 0 Å². The Kier molecular flexibility index (Phi) is 3.54. The second kappa shape index (κ2) is 5.15. The van der Waals surface area contributed by atoms with Crippen LogP contribution >= 0.6 is 38.6 Å². The molecule has 0 bridgehead atoms. The first-order valence-electron chi connectivity index (χ1n) is 5.85. The van der Waals surface area contributed by atoms with Crippen LogP contribution in [0.15, 0.2) is 22.0 Å². The monoisotopic (exact) mass is 341 g/mol. The van der Waals surface area contributed by atoms with Crippen molar-refractivity contribution < 1.29 is 4.79 Å². The number of nitrogens with one attached hydrogen (secondary N) is 1. The largest absolute Gasteiger partial charge is 0.346 e. The number of hydrogen-bond donors (Lipinski definition) is 1. The zero-order valence-corrected chi connectivity index (χ0v) is 12.9. The molecule has 1 aliphatic rings. The van der Waals surface area contributed by atoms with Gasteiger partial charge in [-0.05, 0) is 52.9 Å². The summed E-state index contributed by atoms with van der Waals surface area (Å²) in [5.74, 6) is 0.0546. The zero-order chi connectivity index (χ0) is 12.5. The Morgan fingerprint density at radius 2 is 2.28 bits per heavy atom. The average Bonchev–Trinajstić information content (AvgIpc) is 3.00. The van der Waals surface area contributed by atoms with Gasteiger partial charge in [-0.15, -0.1) is 22.7 Å². The quantitative estimate of drug-likeness (QED) is 0.898. The number of thiophene rings is 2. The van der Waals surface area contributed by atoms with Crippen LogP contribution in [-0.4, -0.2) is 5.91 Å². The van der Waals surface area contributed by atoms with E-state index in [1.165, 1.54) is 21.7 Å². The number of rotatable bonds is 3. The second-order valence-corrected chi connectivity index (χ2v) is 7.37. The van der Waals surface area contributed by atoms with Crippen LogP contribution < -0.4 is 5.32 Å². The van der Waals surface area contributed by atoms with Crippen LogP contribution in [0.5, 0.6) is 0 Å². The molecular weight excluding hydrogens is 330 g/mol. The Morgan fingerprint density at radius 3 is 3.00 bits per heavy atom. The van der Waals surface area contributed by atoms with Crippen LogP contribution in [0.2, 0.25) is 0 Å². The number of amides is 1. The number of carbonyl (C=O) groups is 1. The Bertz CT molecular complexity index is 566.